The minimum absolute atomic E-state index is 0.579. The van der Waals surface area contributed by atoms with E-state index in [9.17, 15) is 0 Å². The van der Waals surface area contributed by atoms with E-state index in [2.05, 4.69) is 37.9 Å². The minimum Gasteiger partial charge on any atom is -0.380 e. The van der Waals surface area contributed by atoms with Crippen LogP contribution in [-0.4, -0.2) is 49.3 Å². The molecule has 0 aromatic heterocycles. The lowest BCUT2D eigenvalue weighted by molar-refractivity contribution is 0.0682. The smallest absolute Gasteiger partial charge is 0.0619 e. The molecule has 1 aliphatic heterocycles. The van der Waals surface area contributed by atoms with Crippen molar-refractivity contribution in [2.45, 2.75) is 58.7 Å². The molecular formula is C13H28N2O. The molecule has 1 unspecified atom stereocenters. The highest BCUT2D eigenvalue weighted by atomic mass is 16.5. The summed E-state index contributed by atoms with van der Waals surface area (Å²) in [6, 6.07) is 1.84. The Hall–Kier alpha value is -0.120. The average molecular weight is 228 g/mol. The van der Waals surface area contributed by atoms with Crippen LogP contribution < -0.4 is 5.32 Å². The molecule has 16 heavy (non-hydrogen) atoms. The lowest BCUT2D eigenvalue weighted by atomic mass is 10.1. The van der Waals surface area contributed by atoms with Crippen molar-refractivity contribution in [2.24, 2.45) is 0 Å². The van der Waals surface area contributed by atoms with Gasteiger partial charge in [0.1, 0.15) is 0 Å². The van der Waals surface area contributed by atoms with Gasteiger partial charge in [0.15, 0.2) is 0 Å². The highest BCUT2D eigenvalue weighted by Gasteiger charge is 2.15. The lowest BCUT2D eigenvalue weighted by Gasteiger charge is -2.31. The second-order valence-corrected chi connectivity index (χ2v) is 5.29. The Labute approximate surface area is 101 Å². The van der Waals surface area contributed by atoms with Gasteiger partial charge in [-0.2, -0.15) is 0 Å². The van der Waals surface area contributed by atoms with Crippen molar-refractivity contribution in [2.75, 3.05) is 26.3 Å². The first-order valence-electron chi connectivity index (χ1n) is 6.68. The third kappa shape index (κ3) is 4.81. The molecule has 1 heterocycles. The van der Waals surface area contributed by atoms with Crippen molar-refractivity contribution in [1.82, 2.24) is 10.2 Å². The van der Waals surface area contributed by atoms with E-state index < -0.39 is 0 Å². The summed E-state index contributed by atoms with van der Waals surface area (Å²) >= 11 is 0. The Balaban J connectivity index is 2.16. The second kappa shape index (κ2) is 7.25. The van der Waals surface area contributed by atoms with Crippen LogP contribution in [0.5, 0.6) is 0 Å². The molecule has 1 N–H and O–H groups in total. The van der Waals surface area contributed by atoms with Crippen LogP contribution >= 0.6 is 0 Å². The molecule has 1 saturated heterocycles. The van der Waals surface area contributed by atoms with Gasteiger partial charge in [0.2, 0.25) is 0 Å². The summed E-state index contributed by atoms with van der Waals surface area (Å²) in [5.41, 5.74) is 0. The van der Waals surface area contributed by atoms with E-state index in [1.165, 1.54) is 12.8 Å². The standard InChI is InChI=1S/C13H28N2O/c1-11(2)15(12(3)4)8-7-14-13-6-5-9-16-10-13/h11-14H,5-10H2,1-4H3. The maximum Gasteiger partial charge on any atom is 0.0619 e. The van der Waals surface area contributed by atoms with E-state index in [4.69, 9.17) is 4.74 Å². The van der Waals surface area contributed by atoms with Gasteiger partial charge in [-0.1, -0.05) is 0 Å². The van der Waals surface area contributed by atoms with Gasteiger partial charge in [-0.15, -0.1) is 0 Å². The van der Waals surface area contributed by atoms with Crippen LogP contribution in [0, 0.1) is 0 Å². The Morgan fingerprint density at radius 1 is 1.25 bits per heavy atom. The maximum atomic E-state index is 5.46. The molecule has 0 amide bonds. The Morgan fingerprint density at radius 2 is 1.94 bits per heavy atom. The number of nitrogens with one attached hydrogen (secondary N) is 1. The quantitative estimate of drug-likeness (QED) is 0.751. The fourth-order valence-electron chi connectivity index (χ4n) is 2.41. The fourth-order valence-corrected chi connectivity index (χ4v) is 2.41. The van der Waals surface area contributed by atoms with Crippen LogP contribution in [0.3, 0.4) is 0 Å². The van der Waals surface area contributed by atoms with Crippen molar-refractivity contribution < 1.29 is 4.74 Å². The van der Waals surface area contributed by atoms with Gasteiger partial charge >= 0.3 is 0 Å². The third-order valence-electron chi connectivity index (χ3n) is 3.29. The van der Waals surface area contributed by atoms with E-state index >= 15 is 0 Å². The summed E-state index contributed by atoms with van der Waals surface area (Å²) in [5.74, 6) is 0. The number of hydrogen-bond donors (Lipinski definition) is 1. The molecule has 0 radical (unpaired) electrons. The zero-order chi connectivity index (χ0) is 12.0. The van der Waals surface area contributed by atoms with E-state index in [0.717, 1.165) is 26.3 Å². The summed E-state index contributed by atoms with van der Waals surface area (Å²) in [7, 11) is 0. The summed E-state index contributed by atoms with van der Waals surface area (Å²) in [6.07, 6.45) is 2.47. The first-order valence-corrected chi connectivity index (χ1v) is 6.68. The van der Waals surface area contributed by atoms with Crippen LogP contribution in [0.2, 0.25) is 0 Å². The van der Waals surface area contributed by atoms with Gasteiger partial charge < -0.3 is 10.1 Å². The third-order valence-corrected chi connectivity index (χ3v) is 3.29. The zero-order valence-corrected chi connectivity index (χ0v) is 11.3. The summed E-state index contributed by atoms with van der Waals surface area (Å²) in [6.45, 7) is 13.1. The van der Waals surface area contributed by atoms with Crippen LogP contribution in [0.1, 0.15) is 40.5 Å². The molecule has 0 aliphatic carbocycles. The van der Waals surface area contributed by atoms with Gasteiger partial charge in [-0.05, 0) is 40.5 Å². The van der Waals surface area contributed by atoms with Gasteiger partial charge in [0, 0.05) is 37.8 Å². The van der Waals surface area contributed by atoms with Gasteiger partial charge in [0.05, 0.1) is 6.61 Å². The average Bonchev–Trinajstić information content (AvgIpc) is 2.24. The predicted molar refractivity (Wildman–Crippen MR) is 68.8 cm³/mol. The molecule has 1 aliphatic rings. The van der Waals surface area contributed by atoms with E-state index in [1.807, 2.05) is 0 Å². The normalized spacial score (nSPS) is 22.3. The molecule has 0 spiro atoms. The molecule has 96 valence electrons. The first kappa shape index (κ1) is 13.9. The van der Waals surface area contributed by atoms with E-state index in [1.54, 1.807) is 0 Å². The highest BCUT2D eigenvalue weighted by Crippen LogP contribution is 2.06. The Bertz CT molecular complexity index is 169. The number of hydrogen-bond acceptors (Lipinski definition) is 3. The van der Waals surface area contributed by atoms with Crippen LogP contribution in [-0.2, 0) is 4.74 Å². The molecule has 0 aromatic rings. The number of ether oxygens (including phenoxy) is 1. The van der Waals surface area contributed by atoms with Crippen molar-refractivity contribution in [1.29, 1.82) is 0 Å². The Kier molecular flexibility index (Phi) is 6.32. The molecule has 1 atom stereocenters. The topological polar surface area (TPSA) is 24.5 Å². The molecule has 3 nitrogen and oxygen atoms in total. The largest absolute Gasteiger partial charge is 0.380 e. The van der Waals surface area contributed by atoms with Crippen LogP contribution in [0.4, 0.5) is 0 Å². The van der Waals surface area contributed by atoms with Crippen LogP contribution in [0.25, 0.3) is 0 Å². The van der Waals surface area contributed by atoms with Crippen molar-refractivity contribution in [3.8, 4) is 0 Å². The highest BCUT2D eigenvalue weighted by molar-refractivity contribution is 4.73. The van der Waals surface area contributed by atoms with E-state index in [-0.39, 0.29) is 0 Å². The first-order chi connectivity index (χ1) is 7.61. The summed E-state index contributed by atoms with van der Waals surface area (Å²) in [4.78, 5) is 2.52. The van der Waals surface area contributed by atoms with Gasteiger partial charge in [-0.3, -0.25) is 4.90 Å². The van der Waals surface area contributed by atoms with Gasteiger partial charge in [0.25, 0.3) is 0 Å². The maximum absolute atomic E-state index is 5.46. The summed E-state index contributed by atoms with van der Waals surface area (Å²) < 4.78 is 5.46. The van der Waals surface area contributed by atoms with Crippen LogP contribution in [0.15, 0.2) is 0 Å². The minimum atomic E-state index is 0.579. The monoisotopic (exact) mass is 228 g/mol. The molecule has 1 rings (SSSR count). The Morgan fingerprint density at radius 3 is 2.44 bits per heavy atom. The zero-order valence-electron chi connectivity index (χ0n) is 11.3. The molecule has 0 aromatic carbocycles. The molecule has 0 bridgehead atoms. The number of nitrogens with zero attached hydrogens (tertiary/aromatic N) is 1. The van der Waals surface area contributed by atoms with Gasteiger partial charge in [-0.25, -0.2) is 0 Å². The lowest BCUT2D eigenvalue weighted by Crippen LogP contribution is -2.45. The molecule has 0 saturated carbocycles. The van der Waals surface area contributed by atoms with Crippen molar-refractivity contribution >= 4 is 0 Å². The fraction of sp³-hybridized carbons (Fsp3) is 1.00. The van der Waals surface area contributed by atoms with E-state index in [0.29, 0.717) is 18.1 Å². The predicted octanol–water partition coefficient (Wildman–Crippen LogP) is 1.87. The molecular weight excluding hydrogens is 200 g/mol. The second-order valence-electron chi connectivity index (χ2n) is 5.29. The number of rotatable bonds is 6. The molecule has 1 fully saturated rings. The van der Waals surface area contributed by atoms with Crippen molar-refractivity contribution in [3.05, 3.63) is 0 Å². The van der Waals surface area contributed by atoms with Crippen molar-refractivity contribution in [3.63, 3.8) is 0 Å². The SMILES string of the molecule is CC(C)N(CCNC1CCCOC1)C(C)C. The molecule has 3 heteroatoms. The summed E-state index contributed by atoms with van der Waals surface area (Å²) in [5, 5.41) is 3.60.